The first-order valence-electron chi connectivity index (χ1n) is 9.00. The average molecular weight is 374 g/mol. The highest BCUT2D eigenvalue weighted by atomic mass is 35.5. The van der Waals surface area contributed by atoms with Crippen LogP contribution in [0.4, 0.5) is 0 Å². The van der Waals surface area contributed by atoms with E-state index in [1.807, 2.05) is 4.90 Å². The molecule has 0 aliphatic carbocycles. The number of likely N-dealkylation sites (tertiary alicyclic amines) is 1. The van der Waals surface area contributed by atoms with E-state index in [9.17, 15) is 9.59 Å². The first-order chi connectivity index (χ1) is 12.2. The molecule has 0 bridgehead atoms. The molecule has 0 spiro atoms. The Bertz CT molecular complexity index is 744. The molecule has 1 aromatic heterocycles. The molecule has 2 N–H and O–H groups in total. The minimum absolute atomic E-state index is 0. The predicted molar refractivity (Wildman–Crippen MR) is 103 cm³/mol. The third-order valence-electron chi connectivity index (χ3n) is 5.56. The summed E-state index contributed by atoms with van der Waals surface area (Å²) in [5, 5.41) is 3.46. The normalized spacial score (nSPS) is 22.2. The van der Waals surface area contributed by atoms with Gasteiger partial charge in [-0.15, -0.1) is 12.4 Å². The van der Waals surface area contributed by atoms with Crippen LogP contribution >= 0.6 is 12.4 Å². The molecule has 5 nitrogen and oxygen atoms in total. The summed E-state index contributed by atoms with van der Waals surface area (Å²) in [7, 11) is 0. The molecule has 2 atom stereocenters. The van der Waals surface area contributed by atoms with E-state index < -0.39 is 0 Å². The third-order valence-corrected chi connectivity index (χ3v) is 5.56. The topological polar surface area (TPSA) is 65.2 Å². The van der Waals surface area contributed by atoms with Gasteiger partial charge >= 0.3 is 0 Å². The number of hydrogen-bond donors (Lipinski definition) is 2. The van der Waals surface area contributed by atoms with Gasteiger partial charge in [0, 0.05) is 42.2 Å². The van der Waals surface area contributed by atoms with Crippen molar-refractivity contribution in [3.05, 3.63) is 59.4 Å². The molecule has 26 heavy (non-hydrogen) atoms. The van der Waals surface area contributed by atoms with Crippen LogP contribution in [0.25, 0.3) is 0 Å². The van der Waals surface area contributed by atoms with E-state index in [1.165, 1.54) is 0 Å². The minimum atomic E-state index is -0.0321. The molecule has 2 aliphatic heterocycles. The number of hydrogen-bond acceptors (Lipinski definition) is 3. The van der Waals surface area contributed by atoms with Crippen molar-refractivity contribution in [2.24, 2.45) is 11.8 Å². The van der Waals surface area contributed by atoms with Crippen molar-refractivity contribution in [2.45, 2.75) is 12.8 Å². The summed E-state index contributed by atoms with van der Waals surface area (Å²) in [6.07, 6.45) is 5.57. The van der Waals surface area contributed by atoms with Crippen molar-refractivity contribution in [3.63, 3.8) is 0 Å². The maximum Gasteiger partial charge on any atom is 0.253 e. The lowest BCUT2D eigenvalue weighted by molar-refractivity contribution is 0.0758. The van der Waals surface area contributed by atoms with Crippen molar-refractivity contribution < 1.29 is 9.59 Å². The lowest BCUT2D eigenvalue weighted by atomic mass is 9.92. The summed E-state index contributed by atoms with van der Waals surface area (Å²) in [4.78, 5) is 30.0. The Hall–Kier alpha value is -2.11. The molecule has 138 valence electrons. The SMILES string of the molecule is Cl.O=C(c1ccc(C(=O)N2CC[C@@H]3CNC[C@@H]3CC2)cc1)c1cc[nH]c1. The zero-order chi connectivity index (χ0) is 17.2. The monoisotopic (exact) mass is 373 g/mol. The second kappa shape index (κ2) is 8.06. The van der Waals surface area contributed by atoms with Crippen LogP contribution < -0.4 is 5.32 Å². The van der Waals surface area contributed by atoms with E-state index >= 15 is 0 Å². The van der Waals surface area contributed by atoms with Crippen LogP contribution in [0.15, 0.2) is 42.7 Å². The average Bonchev–Trinajstić information content (AvgIpc) is 3.30. The zero-order valence-corrected chi connectivity index (χ0v) is 15.4. The smallest absolute Gasteiger partial charge is 0.253 e. The Kier molecular flexibility index (Phi) is 5.79. The molecule has 0 radical (unpaired) electrons. The Morgan fingerprint density at radius 2 is 1.50 bits per heavy atom. The number of H-pyrrole nitrogens is 1. The molecule has 0 saturated carbocycles. The second-order valence-corrected chi connectivity index (χ2v) is 7.05. The Labute approximate surface area is 159 Å². The van der Waals surface area contributed by atoms with E-state index in [0.29, 0.717) is 28.5 Å². The van der Waals surface area contributed by atoms with Crippen molar-refractivity contribution in [1.82, 2.24) is 15.2 Å². The number of amides is 1. The maximum absolute atomic E-state index is 12.8. The van der Waals surface area contributed by atoms with Crippen LogP contribution in [-0.2, 0) is 0 Å². The van der Waals surface area contributed by atoms with Gasteiger partial charge in [0.05, 0.1) is 0 Å². The Morgan fingerprint density at radius 1 is 0.885 bits per heavy atom. The first-order valence-corrected chi connectivity index (χ1v) is 9.00. The van der Waals surface area contributed by atoms with Crippen molar-refractivity contribution in [3.8, 4) is 0 Å². The Morgan fingerprint density at radius 3 is 2.08 bits per heavy atom. The molecule has 0 unspecified atom stereocenters. The number of rotatable bonds is 3. The largest absolute Gasteiger partial charge is 0.367 e. The lowest BCUT2D eigenvalue weighted by Crippen LogP contribution is -2.32. The summed E-state index contributed by atoms with van der Waals surface area (Å²) >= 11 is 0. The number of nitrogens with zero attached hydrogens (tertiary/aromatic N) is 1. The predicted octanol–water partition coefficient (Wildman–Crippen LogP) is 2.74. The Balaban J connectivity index is 0.00000196. The fraction of sp³-hybridized carbons (Fsp3) is 0.400. The fourth-order valence-corrected chi connectivity index (χ4v) is 4.00. The third kappa shape index (κ3) is 3.69. The summed E-state index contributed by atoms with van der Waals surface area (Å²) in [6, 6.07) is 8.80. The fourth-order valence-electron chi connectivity index (χ4n) is 4.00. The molecule has 2 aliphatic rings. The molecule has 2 saturated heterocycles. The van der Waals surface area contributed by atoms with E-state index in [4.69, 9.17) is 0 Å². The van der Waals surface area contributed by atoms with E-state index in [2.05, 4.69) is 10.3 Å². The minimum Gasteiger partial charge on any atom is -0.367 e. The molecule has 4 rings (SSSR count). The number of ketones is 1. The highest BCUT2D eigenvalue weighted by Crippen LogP contribution is 2.27. The van der Waals surface area contributed by atoms with Crippen LogP contribution in [0.5, 0.6) is 0 Å². The molecule has 1 amide bonds. The van der Waals surface area contributed by atoms with E-state index in [0.717, 1.165) is 39.0 Å². The second-order valence-electron chi connectivity index (χ2n) is 7.05. The van der Waals surface area contributed by atoms with Gasteiger partial charge in [-0.1, -0.05) is 12.1 Å². The number of nitrogens with one attached hydrogen (secondary N) is 2. The number of aromatic amines is 1. The van der Waals surface area contributed by atoms with Crippen LogP contribution in [-0.4, -0.2) is 47.8 Å². The molecular formula is C20H24ClN3O2. The summed E-state index contributed by atoms with van der Waals surface area (Å²) in [6.45, 7) is 3.82. The quantitative estimate of drug-likeness (QED) is 0.813. The van der Waals surface area contributed by atoms with Gasteiger partial charge in [-0.05, 0) is 56.0 Å². The van der Waals surface area contributed by atoms with Gasteiger partial charge in [0.15, 0.2) is 5.78 Å². The first kappa shape index (κ1) is 18.7. The highest BCUT2D eigenvalue weighted by molar-refractivity contribution is 6.09. The van der Waals surface area contributed by atoms with Crippen LogP contribution in [0.3, 0.4) is 0 Å². The number of carbonyl (C=O) groups is 2. The van der Waals surface area contributed by atoms with Gasteiger partial charge in [0.25, 0.3) is 5.91 Å². The number of aromatic nitrogens is 1. The van der Waals surface area contributed by atoms with Gasteiger partial charge in [-0.2, -0.15) is 0 Å². The summed E-state index contributed by atoms with van der Waals surface area (Å²) in [5.74, 6) is 1.46. The molecular weight excluding hydrogens is 350 g/mol. The summed E-state index contributed by atoms with van der Waals surface area (Å²) in [5.41, 5.74) is 1.90. The van der Waals surface area contributed by atoms with E-state index in [-0.39, 0.29) is 24.1 Å². The molecule has 6 heteroatoms. The number of carbonyl (C=O) groups excluding carboxylic acids is 2. The number of fused-ring (bicyclic) bond motifs is 1. The van der Waals surface area contributed by atoms with Gasteiger partial charge in [0.1, 0.15) is 0 Å². The number of benzene rings is 1. The molecule has 1 aromatic carbocycles. The van der Waals surface area contributed by atoms with Gasteiger partial charge in [0.2, 0.25) is 0 Å². The van der Waals surface area contributed by atoms with Gasteiger partial charge in [-0.3, -0.25) is 9.59 Å². The van der Waals surface area contributed by atoms with Gasteiger partial charge < -0.3 is 15.2 Å². The zero-order valence-electron chi connectivity index (χ0n) is 14.6. The van der Waals surface area contributed by atoms with Crippen LogP contribution in [0.2, 0.25) is 0 Å². The molecule has 2 aromatic rings. The molecule has 3 heterocycles. The standard InChI is InChI=1S/C20H23N3O2.ClH/c24-19(18-5-8-21-13-18)14-1-3-15(4-2-14)20(25)23-9-6-16-11-22-12-17(16)7-10-23;/h1-5,8,13,16-17,21-22H,6-7,9-12H2;1H/t16-,17+;. The number of halogens is 1. The summed E-state index contributed by atoms with van der Waals surface area (Å²) < 4.78 is 0. The van der Waals surface area contributed by atoms with Crippen molar-refractivity contribution in [2.75, 3.05) is 26.2 Å². The highest BCUT2D eigenvalue weighted by Gasteiger charge is 2.31. The maximum atomic E-state index is 12.8. The van der Waals surface area contributed by atoms with Gasteiger partial charge in [-0.25, -0.2) is 0 Å². The van der Waals surface area contributed by atoms with Crippen molar-refractivity contribution in [1.29, 1.82) is 0 Å². The van der Waals surface area contributed by atoms with Crippen molar-refractivity contribution >= 4 is 24.1 Å². The van der Waals surface area contributed by atoms with E-state index in [1.54, 1.807) is 42.7 Å². The van der Waals surface area contributed by atoms with Crippen LogP contribution in [0.1, 0.15) is 39.1 Å². The molecule has 2 fully saturated rings. The van der Waals surface area contributed by atoms with Crippen LogP contribution in [0, 0.1) is 11.8 Å². The lowest BCUT2D eigenvalue weighted by Gasteiger charge is -2.21.